The van der Waals surface area contributed by atoms with Gasteiger partial charge in [-0.2, -0.15) is 0 Å². The molecule has 2 fully saturated rings. The smallest absolute Gasteiger partial charge is 0.240 e. The van der Waals surface area contributed by atoms with Gasteiger partial charge in [-0.15, -0.1) is 0 Å². The van der Waals surface area contributed by atoms with Crippen LogP contribution in [-0.2, 0) is 9.59 Å². The van der Waals surface area contributed by atoms with Crippen LogP contribution in [0.1, 0.15) is 25.7 Å². The Morgan fingerprint density at radius 2 is 1.61 bits per heavy atom. The number of carbonyl (C=O) groups excluding carboxylic acids is 2. The SMILES string of the molecule is COc1cc2c(Oc3ccc(NC(=O)C4(C(=O)Nc5ccccc5)CC4)cc3F)ccnc2cc1OCC1(N)CC1. The monoisotopic (exact) mass is 556 g/mol. The maximum absolute atomic E-state index is 15.1. The molecule has 1 aromatic heterocycles. The maximum atomic E-state index is 15.1. The van der Waals surface area contributed by atoms with E-state index < -0.39 is 17.1 Å². The lowest BCUT2D eigenvalue weighted by Gasteiger charge is -2.17. The lowest BCUT2D eigenvalue weighted by molar-refractivity contribution is -0.131. The number of methoxy groups -OCH3 is 1. The second-order valence-electron chi connectivity index (χ2n) is 10.6. The van der Waals surface area contributed by atoms with Crippen LogP contribution in [0.25, 0.3) is 10.9 Å². The summed E-state index contributed by atoms with van der Waals surface area (Å²) in [6.45, 7) is 0.373. The van der Waals surface area contributed by atoms with Gasteiger partial charge in [0.05, 0.1) is 18.2 Å². The molecule has 0 bridgehead atoms. The second-order valence-corrected chi connectivity index (χ2v) is 10.6. The van der Waals surface area contributed by atoms with Crippen molar-refractivity contribution in [2.75, 3.05) is 24.4 Å². The molecule has 210 valence electrons. The first-order valence-electron chi connectivity index (χ1n) is 13.3. The number of amides is 2. The number of nitrogens with zero attached hydrogens (tertiary/aromatic N) is 1. The first-order valence-corrected chi connectivity index (χ1v) is 13.3. The molecule has 0 radical (unpaired) electrons. The topological polar surface area (TPSA) is 125 Å². The minimum absolute atomic E-state index is 0.0449. The number of nitrogens with one attached hydrogen (secondary N) is 2. The van der Waals surface area contributed by atoms with Crippen molar-refractivity contribution in [3.8, 4) is 23.0 Å². The zero-order valence-corrected chi connectivity index (χ0v) is 22.4. The number of fused-ring (bicyclic) bond motifs is 1. The van der Waals surface area contributed by atoms with Crippen LogP contribution in [0.5, 0.6) is 23.0 Å². The van der Waals surface area contributed by atoms with Crippen molar-refractivity contribution >= 4 is 34.1 Å². The number of carbonyl (C=O) groups is 2. The summed E-state index contributed by atoms with van der Waals surface area (Å²) in [7, 11) is 1.53. The van der Waals surface area contributed by atoms with Gasteiger partial charge in [0.15, 0.2) is 23.1 Å². The molecular weight excluding hydrogens is 527 g/mol. The van der Waals surface area contributed by atoms with E-state index in [1.807, 2.05) is 6.07 Å². The van der Waals surface area contributed by atoms with Crippen LogP contribution in [0.15, 0.2) is 72.9 Å². The molecule has 0 spiro atoms. The molecule has 0 aliphatic heterocycles. The van der Waals surface area contributed by atoms with Gasteiger partial charge in [0.1, 0.15) is 17.8 Å². The minimum Gasteiger partial charge on any atom is -0.493 e. The van der Waals surface area contributed by atoms with Gasteiger partial charge >= 0.3 is 0 Å². The Morgan fingerprint density at radius 3 is 2.27 bits per heavy atom. The van der Waals surface area contributed by atoms with Gasteiger partial charge in [0, 0.05) is 35.1 Å². The molecule has 2 aliphatic carbocycles. The highest BCUT2D eigenvalue weighted by molar-refractivity contribution is 6.16. The molecule has 2 amide bonds. The summed E-state index contributed by atoms with van der Waals surface area (Å²) in [5.74, 6) is -0.242. The van der Waals surface area contributed by atoms with Gasteiger partial charge in [0.25, 0.3) is 0 Å². The van der Waals surface area contributed by atoms with Crippen LogP contribution < -0.4 is 30.6 Å². The van der Waals surface area contributed by atoms with Gasteiger partial charge in [0.2, 0.25) is 11.8 Å². The van der Waals surface area contributed by atoms with Crippen LogP contribution in [0, 0.1) is 11.2 Å². The minimum atomic E-state index is -1.18. The molecule has 6 rings (SSSR count). The molecule has 3 aromatic carbocycles. The van der Waals surface area contributed by atoms with E-state index in [4.69, 9.17) is 19.9 Å². The summed E-state index contributed by atoms with van der Waals surface area (Å²) in [4.78, 5) is 30.2. The summed E-state index contributed by atoms with van der Waals surface area (Å²) in [5, 5.41) is 6.06. The van der Waals surface area contributed by atoms with E-state index in [0.29, 0.717) is 53.3 Å². The number of nitrogens with two attached hydrogens (primary N) is 1. The van der Waals surface area contributed by atoms with Crippen LogP contribution in [-0.4, -0.2) is 36.1 Å². The van der Waals surface area contributed by atoms with E-state index in [1.54, 1.807) is 48.7 Å². The van der Waals surface area contributed by atoms with E-state index in [1.165, 1.54) is 19.2 Å². The average molecular weight is 557 g/mol. The number of aromatic nitrogens is 1. The third kappa shape index (κ3) is 5.51. The van der Waals surface area contributed by atoms with Crippen LogP contribution in [0.3, 0.4) is 0 Å². The third-order valence-corrected chi connectivity index (χ3v) is 7.45. The van der Waals surface area contributed by atoms with Gasteiger partial charge in [-0.25, -0.2) is 4.39 Å². The third-order valence-electron chi connectivity index (χ3n) is 7.45. The molecular formula is C31H29FN4O5. The number of anilines is 2. The number of ether oxygens (including phenoxy) is 3. The quantitative estimate of drug-likeness (QED) is 0.223. The number of hydrogen-bond donors (Lipinski definition) is 3. The average Bonchev–Trinajstić information content (AvgIpc) is 3.91. The number of para-hydroxylation sites is 1. The Balaban J connectivity index is 1.16. The van der Waals surface area contributed by atoms with Gasteiger partial charge < -0.3 is 30.6 Å². The Labute approximate surface area is 235 Å². The van der Waals surface area contributed by atoms with Crippen LogP contribution in [0.4, 0.5) is 15.8 Å². The molecule has 10 heteroatoms. The fourth-order valence-corrected chi connectivity index (χ4v) is 4.50. The van der Waals surface area contributed by atoms with Crippen molar-refractivity contribution in [2.24, 2.45) is 11.1 Å². The van der Waals surface area contributed by atoms with E-state index in [-0.39, 0.29) is 22.9 Å². The van der Waals surface area contributed by atoms with Crippen molar-refractivity contribution < 1.29 is 28.2 Å². The summed E-state index contributed by atoms with van der Waals surface area (Å²) in [6, 6.07) is 18.1. The molecule has 1 heterocycles. The van der Waals surface area contributed by atoms with E-state index in [0.717, 1.165) is 18.9 Å². The zero-order valence-electron chi connectivity index (χ0n) is 22.4. The molecule has 4 N–H and O–H groups in total. The van der Waals surface area contributed by atoms with E-state index in [2.05, 4.69) is 15.6 Å². The van der Waals surface area contributed by atoms with Crippen LogP contribution >= 0.6 is 0 Å². The van der Waals surface area contributed by atoms with Crippen molar-refractivity contribution in [3.63, 3.8) is 0 Å². The fourth-order valence-electron chi connectivity index (χ4n) is 4.50. The molecule has 2 saturated carbocycles. The van der Waals surface area contributed by atoms with Crippen LogP contribution in [0.2, 0.25) is 0 Å². The number of halogens is 1. The first-order chi connectivity index (χ1) is 19.8. The standard InChI is InChI=1S/C31H29FN4O5/c1-39-26-16-21-23(17-27(26)40-18-30(33)10-11-30)34-14-9-24(21)41-25-8-7-20(15-22(25)32)36-29(38)31(12-13-31)28(37)35-19-5-3-2-4-6-19/h2-9,14-17H,10-13,18,33H2,1H3,(H,35,37)(H,36,38). The Morgan fingerprint density at radius 1 is 0.878 bits per heavy atom. The summed E-state index contributed by atoms with van der Waals surface area (Å²) in [5.41, 5.74) is 6.08. The highest BCUT2D eigenvalue weighted by atomic mass is 19.1. The lowest BCUT2D eigenvalue weighted by Crippen LogP contribution is -2.35. The summed E-state index contributed by atoms with van der Waals surface area (Å²) in [6.07, 6.45) is 4.22. The molecule has 0 atom stereocenters. The molecule has 9 nitrogen and oxygen atoms in total. The number of hydrogen-bond acceptors (Lipinski definition) is 7. The van der Waals surface area contributed by atoms with Crippen molar-refractivity contribution in [1.29, 1.82) is 0 Å². The fraction of sp³-hybridized carbons (Fsp3) is 0.258. The normalized spacial score (nSPS) is 16.0. The molecule has 41 heavy (non-hydrogen) atoms. The number of rotatable bonds is 10. The van der Waals surface area contributed by atoms with Gasteiger partial charge in [-0.05, 0) is 62.1 Å². The largest absolute Gasteiger partial charge is 0.493 e. The number of benzene rings is 3. The molecule has 0 unspecified atom stereocenters. The highest BCUT2D eigenvalue weighted by Crippen LogP contribution is 2.48. The summed E-state index contributed by atoms with van der Waals surface area (Å²) < 4.78 is 32.5. The predicted octanol–water partition coefficient (Wildman–Crippen LogP) is 5.40. The van der Waals surface area contributed by atoms with Gasteiger partial charge in [-0.3, -0.25) is 14.6 Å². The van der Waals surface area contributed by atoms with Crippen molar-refractivity contribution in [1.82, 2.24) is 4.98 Å². The zero-order chi connectivity index (χ0) is 28.6. The lowest BCUT2D eigenvalue weighted by atomic mass is 10.0. The predicted molar refractivity (Wildman–Crippen MR) is 152 cm³/mol. The van der Waals surface area contributed by atoms with Gasteiger partial charge in [-0.1, -0.05) is 18.2 Å². The maximum Gasteiger partial charge on any atom is 0.240 e. The summed E-state index contributed by atoms with van der Waals surface area (Å²) >= 11 is 0. The van der Waals surface area contributed by atoms with Crippen molar-refractivity contribution in [3.05, 3.63) is 78.7 Å². The first kappa shape index (κ1) is 26.5. The Kier molecular flexibility index (Phi) is 6.70. The number of pyridine rings is 1. The molecule has 2 aliphatic rings. The highest BCUT2D eigenvalue weighted by Gasteiger charge is 2.56. The Hall–Kier alpha value is -4.70. The van der Waals surface area contributed by atoms with Crippen molar-refractivity contribution in [2.45, 2.75) is 31.2 Å². The Bertz CT molecular complexity index is 1640. The molecule has 4 aromatic rings. The molecule has 0 saturated heterocycles. The van der Waals surface area contributed by atoms with E-state index in [9.17, 15) is 9.59 Å². The van der Waals surface area contributed by atoms with E-state index >= 15 is 4.39 Å². The second kappa shape index (κ2) is 10.4.